The average Bonchev–Trinajstić information content (AvgIpc) is 3.18. The Balaban J connectivity index is 1.35. The summed E-state index contributed by atoms with van der Waals surface area (Å²) >= 11 is 1.24. The van der Waals surface area contributed by atoms with Gasteiger partial charge in [0.25, 0.3) is 5.91 Å². The van der Waals surface area contributed by atoms with Gasteiger partial charge in [0.1, 0.15) is 5.82 Å². The lowest BCUT2D eigenvalue weighted by molar-refractivity contribution is -0.113. The molecule has 0 unspecified atom stereocenters. The van der Waals surface area contributed by atoms with Crippen molar-refractivity contribution in [2.45, 2.75) is 18.1 Å². The molecule has 0 aliphatic heterocycles. The van der Waals surface area contributed by atoms with Gasteiger partial charge in [-0.2, -0.15) is 0 Å². The number of carbonyl (C=O) groups excluding carboxylic acids is 2. The summed E-state index contributed by atoms with van der Waals surface area (Å²) in [5, 5.41) is 16.6. The molecule has 33 heavy (non-hydrogen) atoms. The second-order valence-corrected chi connectivity index (χ2v) is 8.42. The predicted molar refractivity (Wildman–Crippen MR) is 127 cm³/mol. The number of fused-ring (bicyclic) bond motifs is 1. The molecule has 0 spiro atoms. The highest BCUT2D eigenvalue weighted by molar-refractivity contribution is 7.99. The molecule has 2 amide bonds. The largest absolute Gasteiger partial charge is 0.342 e. The Labute approximate surface area is 194 Å². The summed E-state index contributed by atoms with van der Waals surface area (Å²) in [4.78, 5) is 24.8. The summed E-state index contributed by atoms with van der Waals surface area (Å²) in [7, 11) is 1.75. The fourth-order valence-corrected chi connectivity index (χ4v) is 4.13. The van der Waals surface area contributed by atoms with E-state index in [4.69, 9.17) is 0 Å². The van der Waals surface area contributed by atoms with Crippen LogP contribution < -0.4 is 10.6 Å². The molecule has 0 bridgehead atoms. The van der Waals surface area contributed by atoms with E-state index in [0.717, 1.165) is 16.5 Å². The van der Waals surface area contributed by atoms with Crippen molar-refractivity contribution in [3.05, 3.63) is 83.9 Å². The molecule has 3 aromatic carbocycles. The first-order valence-corrected chi connectivity index (χ1v) is 11.3. The van der Waals surface area contributed by atoms with Gasteiger partial charge in [-0.3, -0.25) is 9.59 Å². The number of nitrogens with zero attached hydrogens (tertiary/aromatic N) is 3. The lowest BCUT2D eigenvalue weighted by atomic mass is 10.1. The van der Waals surface area contributed by atoms with Gasteiger partial charge in [0.2, 0.25) is 5.91 Å². The predicted octanol–water partition coefficient (Wildman–Crippen LogP) is 4.33. The zero-order valence-electron chi connectivity index (χ0n) is 18.1. The standard InChI is InChI=1S/C24H22FN5O2S/c1-15(26-23(32)19-9-5-6-10-20(19)25)22-28-29-24(30(22)2)33-14-21(31)27-18-12-11-16-7-3-4-8-17(16)13-18/h3-13,15H,14H2,1-2H3,(H,26,32)(H,27,31)/t15-/m1/s1. The van der Waals surface area contributed by atoms with Gasteiger partial charge in [-0.1, -0.05) is 54.2 Å². The third-order valence-electron chi connectivity index (χ3n) is 5.09. The lowest BCUT2D eigenvalue weighted by Crippen LogP contribution is -2.29. The monoisotopic (exact) mass is 463 g/mol. The summed E-state index contributed by atoms with van der Waals surface area (Å²) in [5.41, 5.74) is 0.689. The van der Waals surface area contributed by atoms with Crippen LogP contribution in [0.3, 0.4) is 0 Å². The number of benzene rings is 3. The van der Waals surface area contributed by atoms with Crippen molar-refractivity contribution >= 4 is 40.0 Å². The maximum atomic E-state index is 13.9. The molecule has 4 rings (SSSR count). The Morgan fingerprint density at radius 3 is 2.55 bits per heavy atom. The molecule has 0 aliphatic rings. The van der Waals surface area contributed by atoms with Gasteiger partial charge < -0.3 is 15.2 Å². The third kappa shape index (κ3) is 5.20. The zero-order valence-corrected chi connectivity index (χ0v) is 18.9. The van der Waals surface area contributed by atoms with Gasteiger partial charge >= 0.3 is 0 Å². The number of anilines is 1. The van der Waals surface area contributed by atoms with Crippen molar-refractivity contribution in [2.75, 3.05) is 11.1 Å². The molecule has 2 N–H and O–H groups in total. The second kappa shape index (κ2) is 9.83. The van der Waals surface area contributed by atoms with Gasteiger partial charge in [0.05, 0.1) is 17.4 Å². The molecular weight excluding hydrogens is 441 g/mol. The summed E-state index contributed by atoms with van der Waals surface area (Å²) in [6, 6.07) is 19.0. The fourth-order valence-electron chi connectivity index (χ4n) is 3.41. The van der Waals surface area contributed by atoms with Gasteiger partial charge in [0.15, 0.2) is 11.0 Å². The summed E-state index contributed by atoms with van der Waals surface area (Å²) in [6.07, 6.45) is 0. The first-order valence-electron chi connectivity index (χ1n) is 10.3. The van der Waals surface area contributed by atoms with Crippen molar-refractivity contribution in [1.82, 2.24) is 20.1 Å². The highest BCUT2D eigenvalue weighted by atomic mass is 32.2. The van der Waals surface area contributed by atoms with Gasteiger partial charge in [0, 0.05) is 12.7 Å². The normalized spacial score (nSPS) is 11.8. The second-order valence-electron chi connectivity index (χ2n) is 7.47. The highest BCUT2D eigenvalue weighted by Crippen LogP contribution is 2.22. The van der Waals surface area contributed by atoms with Crippen LogP contribution in [-0.2, 0) is 11.8 Å². The summed E-state index contributed by atoms with van der Waals surface area (Å²) in [6.45, 7) is 1.74. The number of hydrogen-bond donors (Lipinski definition) is 2. The topological polar surface area (TPSA) is 88.9 Å². The molecule has 168 valence electrons. The van der Waals surface area contributed by atoms with Crippen LogP contribution in [0.25, 0.3) is 10.8 Å². The van der Waals surface area contributed by atoms with Crippen molar-refractivity contribution in [2.24, 2.45) is 7.05 Å². The van der Waals surface area contributed by atoms with Crippen molar-refractivity contribution < 1.29 is 14.0 Å². The maximum absolute atomic E-state index is 13.9. The molecule has 1 aromatic heterocycles. The van der Waals surface area contributed by atoms with E-state index in [2.05, 4.69) is 20.8 Å². The molecule has 0 aliphatic carbocycles. The minimum Gasteiger partial charge on any atom is -0.342 e. The number of nitrogens with one attached hydrogen (secondary N) is 2. The van der Waals surface area contributed by atoms with Crippen molar-refractivity contribution in [1.29, 1.82) is 0 Å². The van der Waals surface area contributed by atoms with E-state index in [9.17, 15) is 14.0 Å². The number of thioether (sulfide) groups is 1. The third-order valence-corrected chi connectivity index (χ3v) is 6.11. The minimum atomic E-state index is -0.589. The van der Waals surface area contributed by atoms with E-state index in [0.29, 0.717) is 11.0 Å². The molecule has 0 fully saturated rings. The van der Waals surface area contributed by atoms with Crippen LogP contribution in [0.15, 0.2) is 71.9 Å². The minimum absolute atomic E-state index is 0.0357. The Kier molecular flexibility index (Phi) is 6.69. The van der Waals surface area contributed by atoms with Gasteiger partial charge in [-0.05, 0) is 42.0 Å². The molecule has 9 heteroatoms. The van der Waals surface area contributed by atoms with Crippen LogP contribution in [0.5, 0.6) is 0 Å². The molecular formula is C24H22FN5O2S. The maximum Gasteiger partial charge on any atom is 0.254 e. The number of carbonyl (C=O) groups is 2. The Morgan fingerprint density at radius 2 is 1.76 bits per heavy atom. The Morgan fingerprint density at radius 1 is 1.03 bits per heavy atom. The molecule has 0 saturated carbocycles. The fraction of sp³-hybridized carbons (Fsp3) is 0.167. The van der Waals surface area contributed by atoms with Crippen LogP contribution in [0.1, 0.15) is 29.1 Å². The van der Waals surface area contributed by atoms with Crippen LogP contribution >= 0.6 is 11.8 Å². The number of amides is 2. The van der Waals surface area contributed by atoms with E-state index >= 15 is 0 Å². The van der Waals surface area contributed by atoms with Crippen molar-refractivity contribution in [3.8, 4) is 0 Å². The first kappa shape index (κ1) is 22.5. The molecule has 7 nitrogen and oxygen atoms in total. The van der Waals surface area contributed by atoms with Gasteiger partial charge in [-0.15, -0.1) is 10.2 Å². The van der Waals surface area contributed by atoms with E-state index in [1.165, 1.54) is 30.0 Å². The molecule has 0 saturated heterocycles. The highest BCUT2D eigenvalue weighted by Gasteiger charge is 2.20. The summed E-state index contributed by atoms with van der Waals surface area (Å²) in [5.74, 6) is -0.645. The smallest absolute Gasteiger partial charge is 0.254 e. The van der Waals surface area contributed by atoms with Gasteiger partial charge in [-0.25, -0.2) is 4.39 Å². The molecule has 0 radical (unpaired) electrons. The number of halogens is 1. The Hall–Kier alpha value is -3.72. The van der Waals surface area contributed by atoms with Crippen LogP contribution in [0.4, 0.5) is 10.1 Å². The Bertz CT molecular complexity index is 1320. The van der Waals surface area contributed by atoms with E-state index in [1.54, 1.807) is 24.6 Å². The van der Waals surface area contributed by atoms with E-state index < -0.39 is 17.8 Å². The zero-order chi connectivity index (χ0) is 23.4. The quantitative estimate of drug-likeness (QED) is 0.398. The molecule has 1 heterocycles. The lowest BCUT2D eigenvalue weighted by Gasteiger charge is -2.14. The molecule has 4 aromatic rings. The van der Waals surface area contributed by atoms with Crippen LogP contribution in [0.2, 0.25) is 0 Å². The van der Waals surface area contributed by atoms with E-state index in [-0.39, 0.29) is 17.2 Å². The molecule has 1 atom stereocenters. The summed E-state index contributed by atoms with van der Waals surface area (Å²) < 4.78 is 15.6. The van der Waals surface area contributed by atoms with Crippen molar-refractivity contribution in [3.63, 3.8) is 0 Å². The number of rotatable bonds is 7. The van der Waals surface area contributed by atoms with E-state index in [1.807, 2.05) is 42.5 Å². The first-order chi connectivity index (χ1) is 15.9. The number of hydrogen-bond acceptors (Lipinski definition) is 5. The van der Waals surface area contributed by atoms with Crippen LogP contribution in [-0.4, -0.2) is 32.3 Å². The average molecular weight is 464 g/mol. The number of aromatic nitrogens is 3. The SMILES string of the molecule is C[C@@H](NC(=O)c1ccccc1F)c1nnc(SCC(=O)Nc2ccc3ccccc3c2)n1C. The van der Waals surface area contributed by atoms with Crippen LogP contribution in [0, 0.1) is 5.82 Å².